The molecule has 2 aliphatic rings. The molecule has 0 bridgehead atoms. The Bertz CT molecular complexity index is 365. The van der Waals surface area contributed by atoms with E-state index in [1.807, 2.05) is 0 Å². The Morgan fingerprint density at radius 3 is 2.50 bits per heavy atom. The van der Waals surface area contributed by atoms with Crippen LogP contribution in [0.5, 0.6) is 0 Å². The van der Waals surface area contributed by atoms with Gasteiger partial charge in [-0.25, -0.2) is 0 Å². The van der Waals surface area contributed by atoms with E-state index in [1.54, 1.807) is 12.2 Å². The summed E-state index contributed by atoms with van der Waals surface area (Å²) in [5.74, 6) is -1.70. The lowest BCUT2D eigenvalue weighted by Crippen LogP contribution is -2.45. The van der Waals surface area contributed by atoms with E-state index in [2.05, 4.69) is 0 Å². The van der Waals surface area contributed by atoms with Crippen molar-refractivity contribution in [3.05, 3.63) is 22.9 Å². The minimum Gasteiger partial charge on any atom is -0.494 e. The largest absolute Gasteiger partial charge is 0.494 e. The van der Waals surface area contributed by atoms with Gasteiger partial charge in [-0.2, -0.15) is 0 Å². The number of ketones is 1. The van der Waals surface area contributed by atoms with Crippen molar-refractivity contribution < 1.29 is 19.0 Å². The fourth-order valence-corrected chi connectivity index (χ4v) is 2.40. The van der Waals surface area contributed by atoms with Gasteiger partial charge in [-0.05, 0) is 0 Å². The number of hydrogen-bond acceptors (Lipinski definition) is 4. The summed E-state index contributed by atoms with van der Waals surface area (Å²) in [7, 11) is 1.40. The van der Waals surface area contributed by atoms with Gasteiger partial charge in [0.05, 0.1) is 20.3 Å². The summed E-state index contributed by atoms with van der Waals surface area (Å²) in [6, 6.07) is 0. The number of carbonyl (C=O) groups excluding carboxylic acids is 1. The Morgan fingerprint density at radius 1 is 1.44 bits per heavy atom. The fourth-order valence-electron chi connectivity index (χ4n) is 1.69. The van der Waals surface area contributed by atoms with E-state index in [9.17, 15) is 4.79 Å². The summed E-state index contributed by atoms with van der Waals surface area (Å²) in [5, 5.41) is -1.08. The molecule has 6 heteroatoms. The molecular weight excluding hydrogens is 255 g/mol. The van der Waals surface area contributed by atoms with Crippen LogP contribution in [-0.2, 0) is 19.0 Å². The SMILES string of the molecule is COC1=C(Cl)C(=O)C(Cl)C12OCC=CCO2. The maximum absolute atomic E-state index is 11.7. The highest BCUT2D eigenvalue weighted by molar-refractivity contribution is 6.50. The molecule has 0 saturated carbocycles. The van der Waals surface area contributed by atoms with Crippen LogP contribution < -0.4 is 0 Å². The molecular formula is C10H10Cl2O4. The minimum atomic E-state index is -1.39. The van der Waals surface area contributed by atoms with Gasteiger partial charge in [-0.1, -0.05) is 23.8 Å². The van der Waals surface area contributed by atoms with E-state index in [0.29, 0.717) is 0 Å². The summed E-state index contributed by atoms with van der Waals surface area (Å²) in [4.78, 5) is 11.7. The normalized spacial score (nSPS) is 28.7. The maximum atomic E-state index is 11.7. The molecule has 2 rings (SSSR count). The van der Waals surface area contributed by atoms with Gasteiger partial charge < -0.3 is 14.2 Å². The van der Waals surface area contributed by atoms with Crippen molar-refractivity contribution in [3.63, 3.8) is 0 Å². The molecule has 1 atom stereocenters. The lowest BCUT2D eigenvalue weighted by Gasteiger charge is -2.31. The first-order chi connectivity index (χ1) is 7.63. The van der Waals surface area contributed by atoms with Crippen molar-refractivity contribution in [1.82, 2.24) is 0 Å². The van der Waals surface area contributed by atoms with Gasteiger partial charge in [0.15, 0.2) is 11.1 Å². The maximum Gasteiger partial charge on any atom is 0.254 e. The Kier molecular flexibility index (Phi) is 3.26. The molecule has 1 spiro atoms. The fraction of sp³-hybridized carbons (Fsp3) is 0.500. The van der Waals surface area contributed by atoms with Gasteiger partial charge in [0.1, 0.15) is 5.03 Å². The molecule has 1 unspecified atom stereocenters. The number of ether oxygens (including phenoxy) is 3. The van der Waals surface area contributed by atoms with Crippen LogP contribution in [0, 0.1) is 0 Å². The molecule has 4 nitrogen and oxygen atoms in total. The van der Waals surface area contributed by atoms with Crippen molar-refractivity contribution in [1.29, 1.82) is 0 Å². The molecule has 0 N–H and O–H groups in total. The molecule has 88 valence electrons. The van der Waals surface area contributed by atoms with Crippen LogP contribution in [0.3, 0.4) is 0 Å². The van der Waals surface area contributed by atoms with Gasteiger partial charge in [0.25, 0.3) is 5.79 Å². The predicted octanol–water partition coefficient (Wildman–Crippen LogP) is 1.57. The standard InChI is InChI=1S/C10H10Cl2O4/c1-14-9-6(11)7(13)8(12)10(9)15-4-2-3-5-16-10/h2-3,8H,4-5H2,1H3. The second-order valence-corrected chi connectivity index (χ2v) is 4.15. The quantitative estimate of drug-likeness (QED) is 0.533. The highest BCUT2D eigenvalue weighted by Crippen LogP contribution is 2.43. The molecule has 0 amide bonds. The molecule has 0 aromatic carbocycles. The third-order valence-electron chi connectivity index (χ3n) is 2.45. The zero-order valence-electron chi connectivity index (χ0n) is 8.54. The van der Waals surface area contributed by atoms with Gasteiger partial charge in [-0.15, -0.1) is 11.6 Å². The molecule has 1 aliphatic carbocycles. The van der Waals surface area contributed by atoms with Crippen LogP contribution in [0.25, 0.3) is 0 Å². The highest BCUT2D eigenvalue weighted by atomic mass is 35.5. The smallest absolute Gasteiger partial charge is 0.254 e. The lowest BCUT2D eigenvalue weighted by molar-refractivity contribution is -0.209. The van der Waals surface area contributed by atoms with E-state index < -0.39 is 16.9 Å². The Balaban J connectivity index is 2.41. The Morgan fingerprint density at radius 2 is 2.00 bits per heavy atom. The average molecular weight is 265 g/mol. The number of allylic oxidation sites excluding steroid dienone is 1. The van der Waals surface area contributed by atoms with Gasteiger partial charge in [0.2, 0.25) is 5.78 Å². The van der Waals surface area contributed by atoms with Crippen molar-refractivity contribution in [3.8, 4) is 0 Å². The molecule has 0 saturated heterocycles. The number of methoxy groups -OCH3 is 1. The second-order valence-electron chi connectivity index (χ2n) is 3.33. The Hall–Kier alpha value is -0.550. The first-order valence-corrected chi connectivity index (χ1v) is 5.50. The zero-order valence-corrected chi connectivity index (χ0v) is 10.0. The lowest BCUT2D eigenvalue weighted by atomic mass is 10.2. The van der Waals surface area contributed by atoms with E-state index in [1.165, 1.54) is 7.11 Å². The molecule has 1 heterocycles. The number of carbonyl (C=O) groups is 1. The number of alkyl halides is 1. The van der Waals surface area contributed by atoms with Crippen LogP contribution in [0.1, 0.15) is 0 Å². The van der Waals surface area contributed by atoms with Gasteiger partial charge in [-0.3, -0.25) is 4.79 Å². The summed E-state index contributed by atoms with van der Waals surface area (Å²) < 4.78 is 16.0. The van der Waals surface area contributed by atoms with Crippen molar-refractivity contribution in [2.24, 2.45) is 0 Å². The van der Waals surface area contributed by atoms with Crippen molar-refractivity contribution >= 4 is 29.0 Å². The summed E-state index contributed by atoms with van der Waals surface area (Å²) in [5.41, 5.74) is 0. The Labute approximate surface area is 103 Å². The van der Waals surface area contributed by atoms with Crippen LogP contribution in [0.2, 0.25) is 0 Å². The van der Waals surface area contributed by atoms with E-state index >= 15 is 0 Å². The monoisotopic (exact) mass is 264 g/mol. The zero-order chi connectivity index (χ0) is 11.8. The van der Waals surface area contributed by atoms with Crippen molar-refractivity contribution in [2.45, 2.75) is 11.2 Å². The first-order valence-electron chi connectivity index (χ1n) is 4.69. The predicted molar refractivity (Wildman–Crippen MR) is 58.3 cm³/mol. The van der Waals surface area contributed by atoms with Crippen LogP contribution in [0.15, 0.2) is 22.9 Å². The topological polar surface area (TPSA) is 44.8 Å². The molecule has 0 fully saturated rings. The number of halogens is 2. The third kappa shape index (κ3) is 1.57. The number of rotatable bonds is 1. The summed E-state index contributed by atoms with van der Waals surface area (Å²) >= 11 is 11.8. The molecule has 0 aromatic rings. The van der Waals surface area contributed by atoms with Crippen LogP contribution in [0.4, 0.5) is 0 Å². The average Bonchev–Trinajstić information content (AvgIpc) is 2.51. The van der Waals surface area contributed by atoms with E-state index in [-0.39, 0.29) is 24.0 Å². The van der Waals surface area contributed by atoms with E-state index in [4.69, 9.17) is 37.4 Å². The highest BCUT2D eigenvalue weighted by Gasteiger charge is 2.57. The first kappa shape index (κ1) is 11.9. The minimum absolute atomic E-state index is 0.0654. The second kappa shape index (κ2) is 4.37. The summed E-state index contributed by atoms with van der Waals surface area (Å²) in [6.45, 7) is 0.570. The van der Waals surface area contributed by atoms with E-state index in [0.717, 1.165) is 0 Å². The summed E-state index contributed by atoms with van der Waals surface area (Å²) in [6.07, 6.45) is 3.56. The van der Waals surface area contributed by atoms with Crippen molar-refractivity contribution in [2.75, 3.05) is 20.3 Å². The molecule has 1 aliphatic heterocycles. The molecule has 0 aromatic heterocycles. The molecule has 16 heavy (non-hydrogen) atoms. The number of Topliss-reactive ketones (excluding diaryl/α,β-unsaturated/α-hetero) is 1. The molecule has 0 radical (unpaired) electrons. The van der Waals surface area contributed by atoms with Gasteiger partial charge >= 0.3 is 0 Å². The van der Waals surface area contributed by atoms with Crippen LogP contribution in [-0.4, -0.2) is 37.3 Å². The third-order valence-corrected chi connectivity index (χ3v) is 3.30. The van der Waals surface area contributed by atoms with Gasteiger partial charge in [0, 0.05) is 0 Å². The number of hydrogen-bond donors (Lipinski definition) is 0. The van der Waals surface area contributed by atoms with Crippen LogP contribution >= 0.6 is 23.2 Å².